The first-order valence-electron chi connectivity index (χ1n) is 9.54. The van der Waals surface area contributed by atoms with Gasteiger partial charge in [-0.15, -0.1) is 13.2 Å². The third-order valence-corrected chi connectivity index (χ3v) is 4.47. The van der Waals surface area contributed by atoms with Crippen molar-refractivity contribution in [2.75, 3.05) is 0 Å². The van der Waals surface area contributed by atoms with Crippen LogP contribution in [0.15, 0.2) is 86.0 Å². The lowest BCUT2D eigenvalue weighted by Crippen LogP contribution is -2.47. The molecule has 0 bridgehead atoms. The van der Waals surface area contributed by atoms with E-state index in [1.54, 1.807) is 12.2 Å². The summed E-state index contributed by atoms with van der Waals surface area (Å²) in [6.45, 7) is 8.02. The molecule has 0 radical (unpaired) electrons. The average Bonchev–Trinajstić information content (AvgIpc) is 2.72. The zero-order valence-electron chi connectivity index (χ0n) is 16.2. The lowest BCUT2D eigenvalue weighted by Gasteiger charge is -2.33. The first-order chi connectivity index (χ1) is 13.7. The minimum Gasteiger partial charge on any atom is -0.390 e. The maximum atomic E-state index is 10.7. The van der Waals surface area contributed by atoms with Crippen molar-refractivity contribution in [1.29, 1.82) is 0 Å². The molecule has 4 atom stereocenters. The van der Waals surface area contributed by atoms with Crippen molar-refractivity contribution >= 4 is 0 Å². The highest BCUT2D eigenvalue weighted by Gasteiger charge is 2.34. The van der Waals surface area contributed by atoms with Crippen molar-refractivity contribution in [3.8, 4) is 0 Å². The molecule has 4 heteroatoms. The molecule has 28 heavy (non-hydrogen) atoms. The highest BCUT2D eigenvalue weighted by atomic mass is 16.6. The van der Waals surface area contributed by atoms with Crippen molar-refractivity contribution in [2.45, 2.75) is 50.5 Å². The molecule has 0 aliphatic heterocycles. The van der Waals surface area contributed by atoms with E-state index in [2.05, 4.69) is 13.2 Å². The molecule has 4 nitrogen and oxygen atoms in total. The van der Waals surface area contributed by atoms with Crippen LogP contribution < -0.4 is 0 Å². The van der Waals surface area contributed by atoms with Crippen LogP contribution in [0.4, 0.5) is 0 Å². The van der Waals surface area contributed by atoms with Crippen LogP contribution in [-0.4, -0.2) is 34.6 Å². The zero-order chi connectivity index (χ0) is 20.2. The Bertz CT molecular complexity index is 625. The normalized spacial score (nSPS) is 15.4. The van der Waals surface area contributed by atoms with Crippen LogP contribution >= 0.6 is 0 Å². The Hall–Kier alpha value is -2.24. The molecule has 150 valence electrons. The van der Waals surface area contributed by atoms with Crippen LogP contribution in [0.1, 0.15) is 24.0 Å². The molecule has 0 heterocycles. The Balaban J connectivity index is 2.16. The summed E-state index contributed by atoms with van der Waals surface area (Å²) in [5.74, 6) is 0. The summed E-state index contributed by atoms with van der Waals surface area (Å²) in [5, 5.41) is 21.3. The van der Waals surface area contributed by atoms with Crippen molar-refractivity contribution in [2.24, 2.45) is 0 Å². The number of ether oxygens (including phenoxy) is 2. The highest BCUT2D eigenvalue weighted by Crippen LogP contribution is 2.21. The summed E-state index contributed by atoms with van der Waals surface area (Å²) in [5.41, 5.74) is 1.97. The Morgan fingerprint density at radius 2 is 1.04 bits per heavy atom. The molecule has 0 spiro atoms. The van der Waals surface area contributed by atoms with Crippen LogP contribution in [0.25, 0.3) is 0 Å². The van der Waals surface area contributed by atoms with Crippen LogP contribution in [0.5, 0.6) is 0 Å². The van der Waals surface area contributed by atoms with E-state index in [4.69, 9.17) is 9.47 Å². The second-order valence-electron chi connectivity index (χ2n) is 6.71. The molecule has 0 saturated heterocycles. The Morgan fingerprint density at radius 3 is 1.36 bits per heavy atom. The smallest absolute Gasteiger partial charge is 0.113 e. The SMILES string of the molecule is C=CC[C@@H](O)[C@@H](OCc1ccccc1)[C@H](OCc1ccccc1)[C@H](O)CC=C. The van der Waals surface area contributed by atoms with Crippen molar-refractivity contribution in [1.82, 2.24) is 0 Å². The van der Waals surface area contributed by atoms with Crippen LogP contribution in [0.3, 0.4) is 0 Å². The standard InChI is InChI=1S/C24H30O4/c1-3-11-21(25)23(27-17-19-13-7-5-8-14-19)24(22(26)12-4-2)28-18-20-15-9-6-10-16-20/h3-10,13-16,21-26H,1-2,11-12,17-18H2/t21-,22-,23-,24-/m1/s1. The van der Waals surface area contributed by atoms with Gasteiger partial charge >= 0.3 is 0 Å². The maximum Gasteiger partial charge on any atom is 0.113 e. The highest BCUT2D eigenvalue weighted by molar-refractivity contribution is 5.14. The van der Waals surface area contributed by atoms with Crippen molar-refractivity contribution in [3.05, 3.63) is 97.1 Å². The number of hydrogen-bond donors (Lipinski definition) is 2. The first-order valence-corrected chi connectivity index (χ1v) is 9.54. The fourth-order valence-electron chi connectivity index (χ4n) is 2.99. The number of aliphatic hydroxyl groups is 2. The third kappa shape index (κ3) is 7.06. The third-order valence-electron chi connectivity index (χ3n) is 4.47. The maximum absolute atomic E-state index is 10.7. The largest absolute Gasteiger partial charge is 0.390 e. The molecule has 0 aliphatic carbocycles. The molecule has 0 aliphatic rings. The molecular formula is C24H30O4. The van der Waals surface area contributed by atoms with Crippen LogP contribution in [-0.2, 0) is 22.7 Å². The van der Waals surface area contributed by atoms with Gasteiger partial charge in [0.2, 0.25) is 0 Å². The lowest BCUT2D eigenvalue weighted by atomic mass is 9.98. The molecular weight excluding hydrogens is 352 g/mol. The van der Waals surface area contributed by atoms with Gasteiger partial charge in [0.05, 0.1) is 25.4 Å². The van der Waals surface area contributed by atoms with Crippen molar-refractivity contribution in [3.63, 3.8) is 0 Å². The van der Waals surface area contributed by atoms with Crippen molar-refractivity contribution < 1.29 is 19.7 Å². The van der Waals surface area contributed by atoms with E-state index in [-0.39, 0.29) is 0 Å². The van der Waals surface area contributed by atoms with Gasteiger partial charge in [-0.25, -0.2) is 0 Å². The van der Waals surface area contributed by atoms with E-state index in [0.717, 1.165) is 11.1 Å². The zero-order valence-corrected chi connectivity index (χ0v) is 16.2. The van der Waals surface area contributed by atoms with E-state index in [9.17, 15) is 10.2 Å². The number of rotatable bonds is 13. The van der Waals surface area contributed by atoms with Gasteiger partial charge in [0.15, 0.2) is 0 Å². The fourth-order valence-corrected chi connectivity index (χ4v) is 2.99. The molecule has 0 saturated carbocycles. The second kappa shape index (κ2) is 12.3. The van der Waals surface area contributed by atoms with Gasteiger partial charge in [0.25, 0.3) is 0 Å². The summed E-state index contributed by atoms with van der Waals surface area (Å²) < 4.78 is 12.1. The summed E-state index contributed by atoms with van der Waals surface area (Å²) in [6, 6.07) is 19.4. The molecule has 0 fully saturated rings. The van der Waals surface area contributed by atoms with Gasteiger partial charge in [-0.05, 0) is 24.0 Å². The van der Waals surface area contributed by atoms with E-state index in [1.165, 1.54) is 0 Å². The molecule has 0 unspecified atom stereocenters. The van der Waals surface area contributed by atoms with E-state index >= 15 is 0 Å². The van der Waals surface area contributed by atoms with Gasteiger partial charge in [0.1, 0.15) is 12.2 Å². The van der Waals surface area contributed by atoms with Gasteiger partial charge in [-0.3, -0.25) is 0 Å². The number of aliphatic hydroxyl groups excluding tert-OH is 2. The Kier molecular flexibility index (Phi) is 9.66. The first kappa shape index (κ1) is 22.1. The van der Waals surface area contributed by atoms with E-state index in [0.29, 0.717) is 26.1 Å². The van der Waals surface area contributed by atoms with Gasteiger partial charge in [-0.1, -0.05) is 72.8 Å². The molecule has 0 aromatic heterocycles. The molecule has 0 amide bonds. The average molecular weight is 383 g/mol. The topological polar surface area (TPSA) is 58.9 Å². The quantitative estimate of drug-likeness (QED) is 0.514. The molecule has 2 N–H and O–H groups in total. The van der Waals surface area contributed by atoms with E-state index < -0.39 is 24.4 Å². The minimum atomic E-state index is -0.846. The predicted molar refractivity (Wildman–Crippen MR) is 112 cm³/mol. The van der Waals surface area contributed by atoms with Gasteiger partial charge in [-0.2, -0.15) is 0 Å². The molecule has 2 aromatic rings. The van der Waals surface area contributed by atoms with Gasteiger partial charge < -0.3 is 19.7 Å². The van der Waals surface area contributed by atoms with E-state index in [1.807, 2.05) is 60.7 Å². The second-order valence-corrected chi connectivity index (χ2v) is 6.71. The summed E-state index contributed by atoms with van der Waals surface area (Å²) in [7, 11) is 0. The fraction of sp³-hybridized carbons (Fsp3) is 0.333. The Labute approximate surface area is 167 Å². The van der Waals surface area contributed by atoms with Crippen LogP contribution in [0, 0.1) is 0 Å². The lowest BCUT2D eigenvalue weighted by molar-refractivity contribution is -0.164. The molecule has 2 aromatic carbocycles. The number of hydrogen-bond acceptors (Lipinski definition) is 4. The van der Waals surface area contributed by atoms with Gasteiger partial charge in [0, 0.05) is 0 Å². The molecule has 2 rings (SSSR count). The predicted octanol–water partition coefficient (Wildman–Crippen LogP) is 4.03. The summed E-state index contributed by atoms with van der Waals surface area (Å²) in [6.07, 6.45) is 0.836. The summed E-state index contributed by atoms with van der Waals surface area (Å²) >= 11 is 0. The minimum absolute atomic E-state index is 0.311. The summed E-state index contributed by atoms with van der Waals surface area (Å²) in [4.78, 5) is 0. The number of benzene rings is 2. The Morgan fingerprint density at radius 1 is 0.679 bits per heavy atom. The van der Waals surface area contributed by atoms with Crippen LogP contribution in [0.2, 0.25) is 0 Å². The monoisotopic (exact) mass is 382 g/mol.